The zero-order valence-electron chi connectivity index (χ0n) is 11.0. The summed E-state index contributed by atoms with van der Waals surface area (Å²) < 4.78 is 7.51. The van der Waals surface area contributed by atoms with E-state index in [1.54, 1.807) is 16.9 Å². The van der Waals surface area contributed by atoms with E-state index in [4.69, 9.17) is 10.5 Å². The van der Waals surface area contributed by atoms with Gasteiger partial charge >= 0.3 is 0 Å². The van der Waals surface area contributed by atoms with Gasteiger partial charge in [-0.25, -0.2) is 9.50 Å². The monoisotopic (exact) mass is 248 g/mol. The van der Waals surface area contributed by atoms with Gasteiger partial charge in [-0.3, -0.25) is 0 Å². The van der Waals surface area contributed by atoms with E-state index < -0.39 is 0 Å². The summed E-state index contributed by atoms with van der Waals surface area (Å²) >= 11 is 0. The van der Waals surface area contributed by atoms with Crippen LogP contribution in [0.25, 0.3) is 5.65 Å². The number of imidazole rings is 1. The number of nitrogens with two attached hydrogens (primary N) is 1. The number of aryl methyl sites for hydroxylation is 1. The third-order valence-corrected chi connectivity index (χ3v) is 2.86. The maximum atomic E-state index is 5.97. The first-order valence-corrected chi connectivity index (χ1v) is 6.52. The summed E-state index contributed by atoms with van der Waals surface area (Å²) in [5.74, 6) is 1.16. The molecule has 0 radical (unpaired) electrons. The number of rotatable bonds is 6. The van der Waals surface area contributed by atoms with E-state index in [1.165, 1.54) is 0 Å². The fraction of sp³-hybridized carbons (Fsp3) is 0.538. The quantitative estimate of drug-likeness (QED) is 0.797. The zero-order chi connectivity index (χ0) is 13.0. The Morgan fingerprint density at radius 2 is 2.17 bits per heavy atom. The average Bonchev–Trinajstić information content (AvgIpc) is 2.80. The Labute approximate surface area is 107 Å². The molecule has 0 saturated heterocycles. The van der Waals surface area contributed by atoms with Crippen LogP contribution in [0.4, 0.5) is 5.82 Å². The van der Waals surface area contributed by atoms with Gasteiger partial charge in [0.05, 0.1) is 6.61 Å². The lowest BCUT2D eigenvalue weighted by atomic mass is 10.1. The fourth-order valence-electron chi connectivity index (χ4n) is 1.97. The van der Waals surface area contributed by atoms with Crippen LogP contribution in [0.1, 0.15) is 38.7 Å². The highest BCUT2D eigenvalue weighted by molar-refractivity contribution is 5.62. The molecular weight excluding hydrogens is 228 g/mol. The van der Waals surface area contributed by atoms with Gasteiger partial charge in [-0.05, 0) is 12.8 Å². The molecule has 2 N–H and O–H groups in total. The molecule has 0 aliphatic rings. The Morgan fingerprint density at radius 1 is 1.33 bits per heavy atom. The molecule has 0 bridgehead atoms. The van der Waals surface area contributed by atoms with Gasteiger partial charge in [0.25, 0.3) is 0 Å². The maximum absolute atomic E-state index is 5.97. The smallest absolute Gasteiger partial charge is 0.187 e. The summed E-state index contributed by atoms with van der Waals surface area (Å²) in [5, 5.41) is 4.26. The van der Waals surface area contributed by atoms with Crippen molar-refractivity contribution < 1.29 is 4.74 Å². The number of anilines is 1. The molecule has 5 heteroatoms. The van der Waals surface area contributed by atoms with Gasteiger partial charge in [-0.2, -0.15) is 0 Å². The van der Waals surface area contributed by atoms with E-state index in [0.717, 1.165) is 36.9 Å². The summed E-state index contributed by atoms with van der Waals surface area (Å²) in [5.41, 5.74) is 7.88. The highest BCUT2D eigenvalue weighted by Crippen LogP contribution is 2.28. The van der Waals surface area contributed by atoms with Crippen LogP contribution in [0.2, 0.25) is 0 Å². The lowest BCUT2D eigenvalue weighted by Crippen LogP contribution is -2.09. The molecule has 2 heterocycles. The lowest BCUT2D eigenvalue weighted by molar-refractivity contribution is 0.306. The summed E-state index contributed by atoms with van der Waals surface area (Å²) in [4.78, 5) is 4.33. The summed E-state index contributed by atoms with van der Waals surface area (Å²) in [7, 11) is 0. The predicted molar refractivity (Wildman–Crippen MR) is 71.8 cm³/mol. The first-order chi connectivity index (χ1) is 8.77. The molecule has 0 aromatic carbocycles. The van der Waals surface area contributed by atoms with Gasteiger partial charge in [0.15, 0.2) is 17.2 Å². The molecule has 0 atom stereocenters. The number of nitrogen functional groups attached to an aromatic ring is 1. The lowest BCUT2D eigenvalue weighted by Gasteiger charge is -2.13. The molecule has 0 aliphatic carbocycles. The summed E-state index contributed by atoms with van der Waals surface area (Å²) in [6.45, 7) is 4.94. The van der Waals surface area contributed by atoms with E-state index in [9.17, 15) is 0 Å². The molecule has 5 nitrogen and oxygen atoms in total. The number of hydrogen-bond acceptors (Lipinski definition) is 4. The molecule has 0 saturated carbocycles. The molecule has 2 aromatic rings. The highest BCUT2D eigenvalue weighted by Gasteiger charge is 2.15. The fourth-order valence-corrected chi connectivity index (χ4v) is 1.97. The van der Waals surface area contributed by atoms with Crippen molar-refractivity contribution in [1.82, 2.24) is 14.6 Å². The Hall–Kier alpha value is -1.78. The first kappa shape index (κ1) is 12.7. The van der Waals surface area contributed by atoms with E-state index in [2.05, 4.69) is 23.9 Å². The van der Waals surface area contributed by atoms with Gasteiger partial charge in [0, 0.05) is 18.0 Å². The van der Waals surface area contributed by atoms with Gasteiger partial charge in [0.2, 0.25) is 0 Å². The zero-order valence-corrected chi connectivity index (χ0v) is 11.0. The molecule has 0 spiro atoms. The molecule has 0 unspecified atom stereocenters. The van der Waals surface area contributed by atoms with E-state index >= 15 is 0 Å². The molecule has 0 amide bonds. The minimum absolute atomic E-state index is 0.444. The van der Waals surface area contributed by atoms with E-state index in [-0.39, 0.29) is 0 Å². The van der Waals surface area contributed by atoms with Crippen molar-refractivity contribution in [3.8, 4) is 5.75 Å². The normalized spacial score (nSPS) is 11.0. The Morgan fingerprint density at radius 3 is 2.89 bits per heavy atom. The number of fused-ring (bicyclic) bond motifs is 1. The predicted octanol–water partition coefficient (Wildman–Crippen LogP) is 2.44. The standard InChI is InChI=1S/C13H20N4O/c1-3-5-9-18-11-10(6-4-2)13-15-7-8-17(13)16-12(11)14/h7-8H,3-6,9H2,1-2H3,(H2,14,16). The summed E-state index contributed by atoms with van der Waals surface area (Å²) in [6.07, 6.45) is 7.58. The third-order valence-electron chi connectivity index (χ3n) is 2.86. The van der Waals surface area contributed by atoms with Crippen molar-refractivity contribution in [3.63, 3.8) is 0 Å². The van der Waals surface area contributed by atoms with Crippen molar-refractivity contribution in [2.24, 2.45) is 0 Å². The Balaban J connectivity index is 2.40. The minimum atomic E-state index is 0.444. The van der Waals surface area contributed by atoms with Crippen molar-refractivity contribution in [3.05, 3.63) is 18.0 Å². The second-order valence-corrected chi connectivity index (χ2v) is 4.34. The molecule has 2 rings (SSSR count). The molecule has 18 heavy (non-hydrogen) atoms. The van der Waals surface area contributed by atoms with Crippen LogP contribution in [-0.4, -0.2) is 21.2 Å². The van der Waals surface area contributed by atoms with Gasteiger partial charge in [-0.1, -0.05) is 26.7 Å². The second kappa shape index (κ2) is 5.71. The van der Waals surface area contributed by atoms with Crippen LogP contribution in [0.5, 0.6) is 5.75 Å². The summed E-state index contributed by atoms with van der Waals surface area (Å²) in [6, 6.07) is 0. The topological polar surface area (TPSA) is 65.4 Å². The SMILES string of the molecule is CCCCOc1c(N)nn2ccnc2c1CCC. The van der Waals surface area contributed by atoms with Crippen LogP contribution >= 0.6 is 0 Å². The van der Waals surface area contributed by atoms with Crippen LogP contribution in [0.3, 0.4) is 0 Å². The second-order valence-electron chi connectivity index (χ2n) is 4.34. The number of ether oxygens (including phenoxy) is 1. The highest BCUT2D eigenvalue weighted by atomic mass is 16.5. The van der Waals surface area contributed by atoms with Crippen molar-refractivity contribution in [1.29, 1.82) is 0 Å². The molecule has 0 aliphatic heterocycles. The maximum Gasteiger partial charge on any atom is 0.187 e. The first-order valence-electron chi connectivity index (χ1n) is 6.52. The van der Waals surface area contributed by atoms with Crippen LogP contribution in [0.15, 0.2) is 12.4 Å². The number of unbranched alkanes of at least 4 members (excludes halogenated alkanes) is 1. The molecule has 2 aromatic heterocycles. The van der Waals surface area contributed by atoms with Crippen molar-refractivity contribution in [2.75, 3.05) is 12.3 Å². The van der Waals surface area contributed by atoms with Crippen LogP contribution in [-0.2, 0) is 6.42 Å². The van der Waals surface area contributed by atoms with Crippen molar-refractivity contribution in [2.45, 2.75) is 39.5 Å². The van der Waals surface area contributed by atoms with E-state index in [1.807, 2.05) is 0 Å². The average molecular weight is 248 g/mol. The third kappa shape index (κ3) is 2.39. The van der Waals surface area contributed by atoms with Crippen LogP contribution < -0.4 is 10.5 Å². The van der Waals surface area contributed by atoms with Crippen molar-refractivity contribution >= 4 is 11.5 Å². The number of aromatic nitrogens is 3. The van der Waals surface area contributed by atoms with Crippen LogP contribution in [0, 0.1) is 0 Å². The molecule has 98 valence electrons. The van der Waals surface area contributed by atoms with E-state index in [0.29, 0.717) is 18.2 Å². The molecular formula is C13H20N4O. The van der Waals surface area contributed by atoms with Gasteiger partial charge < -0.3 is 10.5 Å². The number of nitrogens with zero attached hydrogens (tertiary/aromatic N) is 3. The minimum Gasteiger partial charge on any atom is -0.489 e. The number of hydrogen-bond donors (Lipinski definition) is 1. The molecule has 0 fully saturated rings. The Kier molecular flexibility index (Phi) is 4.02. The van der Waals surface area contributed by atoms with Gasteiger partial charge in [-0.15, -0.1) is 5.10 Å². The Bertz CT molecular complexity index is 521. The van der Waals surface area contributed by atoms with Gasteiger partial charge in [0.1, 0.15) is 0 Å². The largest absolute Gasteiger partial charge is 0.489 e.